The summed E-state index contributed by atoms with van der Waals surface area (Å²) in [4.78, 5) is 4.26. The fraction of sp³-hybridized carbons (Fsp3) is 0.429. The van der Waals surface area contributed by atoms with Crippen LogP contribution >= 0.6 is 0 Å². The first-order valence-electron chi connectivity index (χ1n) is 6.59. The Morgan fingerprint density at radius 1 is 1.28 bits per heavy atom. The topological polar surface area (TPSA) is 42.7 Å². The zero-order valence-corrected chi connectivity index (χ0v) is 10.7. The van der Waals surface area contributed by atoms with Crippen LogP contribution in [0.25, 0.3) is 0 Å². The molecule has 3 rings (SSSR count). The summed E-state index contributed by atoms with van der Waals surface area (Å²) in [5.41, 5.74) is 4.19. The summed E-state index contributed by atoms with van der Waals surface area (Å²) in [5.74, 6) is 0.984. The number of hydrogen-bond donors (Lipinski definition) is 1. The third-order valence-corrected chi connectivity index (χ3v) is 3.54. The molecule has 1 N–H and O–H groups in total. The summed E-state index contributed by atoms with van der Waals surface area (Å²) in [5, 5.41) is 7.60. The van der Waals surface area contributed by atoms with Gasteiger partial charge in [0, 0.05) is 12.2 Å². The van der Waals surface area contributed by atoms with Gasteiger partial charge < -0.3 is 5.32 Å². The summed E-state index contributed by atoms with van der Waals surface area (Å²) in [7, 11) is 0. The molecule has 2 aromatic rings. The lowest BCUT2D eigenvalue weighted by Crippen LogP contribution is -2.09. The van der Waals surface area contributed by atoms with E-state index in [1.165, 1.54) is 36.1 Å². The molecule has 94 valence electrons. The number of anilines is 1. The van der Waals surface area contributed by atoms with E-state index in [0.717, 1.165) is 18.9 Å². The summed E-state index contributed by atoms with van der Waals surface area (Å²) in [6, 6.07) is 6.68. The molecule has 0 bridgehead atoms. The standard InChI is InChI=1S/C14H18N4/c1-2-18-14(16-10-17-18)9-15-13-7-6-11-4-3-5-12(11)8-13/h6-8,10,15H,2-5,9H2,1H3. The number of aryl methyl sites for hydroxylation is 3. The van der Waals surface area contributed by atoms with E-state index in [0.29, 0.717) is 0 Å². The molecule has 18 heavy (non-hydrogen) atoms. The molecule has 0 spiro atoms. The Bertz CT molecular complexity index is 544. The molecule has 0 aliphatic heterocycles. The number of hydrogen-bond acceptors (Lipinski definition) is 3. The van der Waals surface area contributed by atoms with Gasteiger partial charge in [-0.25, -0.2) is 9.67 Å². The number of nitrogens with one attached hydrogen (secondary N) is 1. The van der Waals surface area contributed by atoms with E-state index in [1.54, 1.807) is 6.33 Å². The van der Waals surface area contributed by atoms with Crippen LogP contribution in [0.15, 0.2) is 24.5 Å². The molecule has 0 saturated carbocycles. The highest BCUT2D eigenvalue weighted by Gasteiger charge is 2.10. The van der Waals surface area contributed by atoms with E-state index in [-0.39, 0.29) is 0 Å². The van der Waals surface area contributed by atoms with E-state index < -0.39 is 0 Å². The van der Waals surface area contributed by atoms with Crippen molar-refractivity contribution in [2.45, 2.75) is 39.3 Å². The molecule has 1 aliphatic rings. The molecule has 0 fully saturated rings. The Morgan fingerprint density at radius 2 is 2.17 bits per heavy atom. The highest BCUT2D eigenvalue weighted by molar-refractivity contribution is 5.50. The van der Waals surface area contributed by atoms with Gasteiger partial charge in [0.25, 0.3) is 0 Å². The summed E-state index contributed by atoms with van der Waals surface area (Å²) < 4.78 is 1.92. The van der Waals surface area contributed by atoms with Crippen molar-refractivity contribution in [2.24, 2.45) is 0 Å². The number of nitrogens with zero attached hydrogens (tertiary/aromatic N) is 3. The van der Waals surface area contributed by atoms with Gasteiger partial charge >= 0.3 is 0 Å². The van der Waals surface area contributed by atoms with Crippen LogP contribution in [0, 0.1) is 0 Å². The number of fused-ring (bicyclic) bond motifs is 1. The van der Waals surface area contributed by atoms with Gasteiger partial charge in [0.2, 0.25) is 0 Å². The maximum absolute atomic E-state index is 4.26. The average Bonchev–Trinajstić information content (AvgIpc) is 3.04. The Balaban J connectivity index is 1.70. The Hall–Kier alpha value is -1.84. The van der Waals surface area contributed by atoms with Gasteiger partial charge in [-0.2, -0.15) is 5.10 Å². The summed E-state index contributed by atoms with van der Waals surface area (Å²) in [6.45, 7) is 3.67. The van der Waals surface area contributed by atoms with Crippen LogP contribution in [0.3, 0.4) is 0 Å². The number of rotatable bonds is 4. The van der Waals surface area contributed by atoms with Crippen LogP contribution in [0.2, 0.25) is 0 Å². The van der Waals surface area contributed by atoms with Gasteiger partial charge in [0.1, 0.15) is 12.2 Å². The first-order chi connectivity index (χ1) is 8.86. The molecule has 0 amide bonds. The normalized spacial score (nSPS) is 13.6. The van der Waals surface area contributed by atoms with Crippen molar-refractivity contribution in [3.63, 3.8) is 0 Å². The van der Waals surface area contributed by atoms with Crippen molar-refractivity contribution in [1.29, 1.82) is 0 Å². The lowest BCUT2D eigenvalue weighted by Gasteiger charge is -2.08. The van der Waals surface area contributed by atoms with Crippen LogP contribution in [0.1, 0.15) is 30.3 Å². The Kier molecular flexibility index (Phi) is 3.00. The first kappa shape index (κ1) is 11.3. The van der Waals surface area contributed by atoms with E-state index in [2.05, 4.69) is 40.5 Å². The molecule has 0 radical (unpaired) electrons. The van der Waals surface area contributed by atoms with Crippen LogP contribution in [-0.4, -0.2) is 14.8 Å². The van der Waals surface area contributed by atoms with E-state index in [1.807, 2.05) is 4.68 Å². The zero-order valence-electron chi connectivity index (χ0n) is 10.7. The molecule has 4 heteroatoms. The molecule has 4 nitrogen and oxygen atoms in total. The second-order valence-electron chi connectivity index (χ2n) is 4.68. The second-order valence-corrected chi connectivity index (χ2v) is 4.68. The monoisotopic (exact) mass is 242 g/mol. The molecule has 0 atom stereocenters. The van der Waals surface area contributed by atoms with Crippen molar-refractivity contribution in [3.8, 4) is 0 Å². The maximum Gasteiger partial charge on any atom is 0.146 e. The van der Waals surface area contributed by atoms with E-state index in [9.17, 15) is 0 Å². The molecule has 1 aromatic carbocycles. The highest BCUT2D eigenvalue weighted by Crippen LogP contribution is 2.24. The third kappa shape index (κ3) is 2.10. The lowest BCUT2D eigenvalue weighted by molar-refractivity contribution is 0.622. The predicted molar refractivity (Wildman–Crippen MR) is 71.5 cm³/mol. The Labute approximate surface area is 107 Å². The highest BCUT2D eigenvalue weighted by atomic mass is 15.3. The number of benzene rings is 1. The maximum atomic E-state index is 4.26. The second kappa shape index (κ2) is 4.80. The average molecular weight is 242 g/mol. The fourth-order valence-corrected chi connectivity index (χ4v) is 2.55. The largest absolute Gasteiger partial charge is 0.378 e. The van der Waals surface area contributed by atoms with Crippen LogP contribution in [0.5, 0.6) is 0 Å². The van der Waals surface area contributed by atoms with Gasteiger partial charge in [-0.05, 0) is 49.4 Å². The first-order valence-corrected chi connectivity index (χ1v) is 6.59. The van der Waals surface area contributed by atoms with Gasteiger partial charge in [-0.3, -0.25) is 0 Å². The molecule has 0 unspecified atom stereocenters. The summed E-state index contributed by atoms with van der Waals surface area (Å²) >= 11 is 0. The van der Waals surface area contributed by atoms with Crippen LogP contribution < -0.4 is 5.32 Å². The minimum Gasteiger partial charge on any atom is -0.378 e. The quantitative estimate of drug-likeness (QED) is 0.895. The SMILES string of the molecule is CCn1ncnc1CNc1ccc2c(c1)CCC2. The van der Waals surface area contributed by atoms with Gasteiger partial charge in [0.15, 0.2) is 0 Å². The van der Waals surface area contributed by atoms with Crippen molar-refractivity contribution in [2.75, 3.05) is 5.32 Å². The van der Waals surface area contributed by atoms with E-state index >= 15 is 0 Å². The molecule has 1 heterocycles. The van der Waals surface area contributed by atoms with Crippen LogP contribution in [0.4, 0.5) is 5.69 Å². The van der Waals surface area contributed by atoms with Gasteiger partial charge in [-0.15, -0.1) is 0 Å². The zero-order chi connectivity index (χ0) is 12.4. The predicted octanol–water partition coefficient (Wildman–Crippen LogP) is 2.40. The molecular weight excluding hydrogens is 224 g/mol. The summed E-state index contributed by atoms with van der Waals surface area (Å²) in [6.07, 6.45) is 5.36. The minimum atomic E-state index is 0.729. The Morgan fingerprint density at radius 3 is 3.06 bits per heavy atom. The minimum absolute atomic E-state index is 0.729. The number of aromatic nitrogens is 3. The third-order valence-electron chi connectivity index (χ3n) is 3.54. The van der Waals surface area contributed by atoms with E-state index in [4.69, 9.17) is 0 Å². The van der Waals surface area contributed by atoms with Crippen molar-refractivity contribution >= 4 is 5.69 Å². The van der Waals surface area contributed by atoms with Crippen molar-refractivity contribution in [3.05, 3.63) is 41.5 Å². The van der Waals surface area contributed by atoms with Crippen molar-refractivity contribution in [1.82, 2.24) is 14.8 Å². The van der Waals surface area contributed by atoms with Crippen LogP contribution in [-0.2, 0) is 25.9 Å². The molecular formula is C14H18N4. The fourth-order valence-electron chi connectivity index (χ4n) is 2.55. The van der Waals surface area contributed by atoms with Crippen molar-refractivity contribution < 1.29 is 0 Å². The molecule has 0 saturated heterocycles. The van der Waals surface area contributed by atoms with Gasteiger partial charge in [0.05, 0.1) is 6.54 Å². The molecule has 1 aliphatic carbocycles. The smallest absolute Gasteiger partial charge is 0.146 e. The lowest BCUT2D eigenvalue weighted by atomic mass is 10.1. The molecule has 1 aromatic heterocycles. The van der Waals surface area contributed by atoms with Gasteiger partial charge in [-0.1, -0.05) is 6.07 Å².